The van der Waals surface area contributed by atoms with Crippen molar-refractivity contribution in [2.45, 2.75) is 25.2 Å². The smallest absolute Gasteiger partial charge is 0.223 e. The molecule has 2 nitrogen and oxygen atoms in total. The van der Waals surface area contributed by atoms with Gasteiger partial charge in [-0.15, -0.1) is 11.8 Å². The van der Waals surface area contributed by atoms with E-state index in [4.69, 9.17) is 0 Å². The van der Waals surface area contributed by atoms with Crippen molar-refractivity contribution < 1.29 is 4.79 Å². The fourth-order valence-electron chi connectivity index (χ4n) is 1.98. The van der Waals surface area contributed by atoms with Gasteiger partial charge in [0.25, 0.3) is 0 Å². The number of nitrogens with zero attached hydrogens (tertiary/aromatic N) is 1. The Morgan fingerprint density at radius 3 is 2.94 bits per heavy atom. The summed E-state index contributed by atoms with van der Waals surface area (Å²) >= 11 is 5.40. The van der Waals surface area contributed by atoms with E-state index in [1.54, 1.807) is 6.92 Å². The third kappa shape index (κ3) is 2.13. The molecule has 0 fully saturated rings. The molecule has 0 aliphatic carbocycles. The van der Waals surface area contributed by atoms with Crippen molar-refractivity contribution >= 4 is 39.3 Å². The molecule has 1 heterocycles. The molecule has 1 aliphatic rings. The number of hydrogen-bond acceptors (Lipinski definition) is 2. The van der Waals surface area contributed by atoms with E-state index in [0.717, 1.165) is 28.9 Å². The van der Waals surface area contributed by atoms with E-state index in [1.165, 1.54) is 10.5 Å². The lowest BCUT2D eigenvalue weighted by atomic mass is 10.2. The Labute approximate surface area is 109 Å². The van der Waals surface area contributed by atoms with Gasteiger partial charge in [0.1, 0.15) is 0 Å². The highest BCUT2D eigenvalue weighted by Gasteiger charge is 2.23. The number of anilines is 1. The molecule has 16 heavy (non-hydrogen) atoms. The SMILES string of the molecule is CCSc1cc2c(cc1Br)N(C(C)=O)CC2. The third-order valence-electron chi connectivity index (χ3n) is 2.71. The van der Waals surface area contributed by atoms with Gasteiger partial charge >= 0.3 is 0 Å². The Kier molecular flexibility index (Phi) is 3.60. The van der Waals surface area contributed by atoms with Crippen LogP contribution in [0.5, 0.6) is 0 Å². The Morgan fingerprint density at radius 1 is 1.56 bits per heavy atom. The molecule has 2 rings (SSSR count). The fraction of sp³-hybridized carbons (Fsp3) is 0.417. The predicted molar refractivity (Wildman–Crippen MR) is 72.3 cm³/mol. The van der Waals surface area contributed by atoms with Crippen LogP contribution >= 0.6 is 27.7 Å². The number of amides is 1. The second-order valence-corrected chi connectivity index (χ2v) is 5.93. The van der Waals surface area contributed by atoms with E-state index in [1.807, 2.05) is 16.7 Å². The molecule has 0 spiro atoms. The molecule has 0 N–H and O–H groups in total. The van der Waals surface area contributed by atoms with Crippen molar-refractivity contribution in [1.29, 1.82) is 0 Å². The Morgan fingerprint density at radius 2 is 2.31 bits per heavy atom. The maximum atomic E-state index is 11.4. The maximum Gasteiger partial charge on any atom is 0.223 e. The van der Waals surface area contributed by atoms with Gasteiger partial charge in [-0.3, -0.25) is 4.79 Å². The first-order valence-electron chi connectivity index (χ1n) is 5.36. The molecule has 4 heteroatoms. The topological polar surface area (TPSA) is 20.3 Å². The van der Waals surface area contributed by atoms with Crippen LogP contribution in [0.4, 0.5) is 5.69 Å². The second kappa shape index (κ2) is 4.80. The summed E-state index contributed by atoms with van der Waals surface area (Å²) in [5.41, 5.74) is 2.36. The van der Waals surface area contributed by atoms with Gasteiger partial charge in [-0.25, -0.2) is 0 Å². The molecule has 86 valence electrons. The number of rotatable bonds is 2. The van der Waals surface area contributed by atoms with Crippen LogP contribution < -0.4 is 4.90 Å². The summed E-state index contributed by atoms with van der Waals surface area (Å²) in [6.45, 7) is 4.58. The van der Waals surface area contributed by atoms with E-state index in [-0.39, 0.29) is 5.91 Å². The standard InChI is InChI=1S/C12H14BrNOS/c1-3-16-12-6-9-4-5-14(8(2)15)11(9)7-10(12)13/h6-7H,3-5H2,1-2H3. The monoisotopic (exact) mass is 299 g/mol. The van der Waals surface area contributed by atoms with Gasteiger partial charge in [-0.1, -0.05) is 6.92 Å². The van der Waals surface area contributed by atoms with E-state index >= 15 is 0 Å². The molecule has 1 aromatic carbocycles. The maximum absolute atomic E-state index is 11.4. The number of halogens is 1. The van der Waals surface area contributed by atoms with Crippen molar-refractivity contribution in [2.24, 2.45) is 0 Å². The quantitative estimate of drug-likeness (QED) is 0.780. The number of benzene rings is 1. The third-order valence-corrected chi connectivity index (χ3v) is 4.56. The molecular weight excluding hydrogens is 286 g/mol. The minimum atomic E-state index is 0.126. The largest absolute Gasteiger partial charge is 0.312 e. The van der Waals surface area contributed by atoms with Crippen LogP contribution in [-0.4, -0.2) is 18.2 Å². The summed E-state index contributed by atoms with van der Waals surface area (Å²) in [7, 11) is 0. The summed E-state index contributed by atoms with van der Waals surface area (Å²) in [5, 5.41) is 0. The Hall–Kier alpha value is -0.480. The number of fused-ring (bicyclic) bond motifs is 1. The van der Waals surface area contributed by atoms with E-state index in [2.05, 4.69) is 35.0 Å². The predicted octanol–water partition coefficient (Wildman–Crippen LogP) is 3.47. The van der Waals surface area contributed by atoms with Gasteiger partial charge in [0.2, 0.25) is 5.91 Å². The fourth-order valence-corrected chi connectivity index (χ4v) is 3.39. The Balaban J connectivity index is 2.40. The minimum absolute atomic E-state index is 0.126. The molecule has 0 saturated heterocycles. The lowest BCUT2D eigenvalue weighted by molar-refractivity contribution is -0.116. The zero-order chi connectivity index (χ0) is 11.7. The molecule has 0 aromatic heterocycles. The van der Waals surface area contributed by atoms with Crippen LogP contribution in [0.1, 0.15) is 19.4 Å². The van der Waals surface area contributed by atoms with Gasteiger partial charge in [-0.2, -0.15) is 0 Å². The molecular formula is C12H14BrNOS. The van der Waals surface area contributed by atoms with Gasteiger partial charge in [0.15, 0.2) is 0 Å². The van der Waals surface area contributed by atoms with Gasteiger partial charge < -0.3 is 4.90 Å². The summed E-state index contributed by atoms with van der Waals surface area (Å²) in [6.07, 6.45) is 0.972. The molecule has 0 radical (unpaired) electrons. The number of hydrogen-bond donors (Lipinski definition) is 0. The van der Waals surface area contributed by atoms with Gasteiger partial charge in [0, 0.05) is 28.5 Å². The van der Waals surface area contributed by atoms with Crippen LogP contribution in [0.3, 0.4) is 0 Å². The molecule has 1 aliphatic heterocycles. The molecule has 0 atom stereocenters. The first-order chi connectivity index (χ1) is 7.63. The first-order valence-corrected chi connectivity index (χ1v) is 7.14. The minimum Gasteiger partial charge on any atom is -0.312 e. The summed E-state index contributed by atoms with van der Waals surface area (Å²) in [6, 6.07) is 4.28. The van der Waals surface area contributed by atoms with E-state index in [9.17, 15) is 4.79 Å². The van der Waals surface area contributed by atoms with E-state index < -0.39 is 0 Å². The van der Waals surface area contributed by atoms with Crippen LogP contribution in [0, 0.1) is 0 Å². The summed E-state index contributed by atoms with van der Waals surface area (Å²) < 4.78 is 1.09. The van der Waals surface area contributed by atoms with Crippen molar-refractivity contribution in [3.63, 3.8) is 0 Å². The average molecular weight is 300 g/mol. The van der Waals surface area contributed by atoms with Crippen molar-refractivity contribution in [3.05, 3.63) is 22.2 Å². The molecule has 1 amide bonds. The second-order valence-electron chi connectivity index (χ2n) is 3.77. The molecule has 0 bridgehead atoms. The molecule has 0 unspecified atom stereocenters. The van der Waals surface area contributed by atoms with Crippen LogP contribution in [0.2, 0.25) is 0 Å². The zero-order valence-electron chi connectivity index (χ0n) is 9.42. The number of carbonyl (C=O) groups is 1. The van der Waals surface area contributed by atoms with Crippen LogP contribution in [0.15, 0.2) is 21.5 Å². The van der Waals surface area contributed by atoms with Gasteiger partial charge in [0.05, 0.1) is 0 Å². The van der Waals surface area contributed by atoms with Crippen LogP contribution in [0.25, 0.3) is 0 Å². The molecule has 1 aromatic rings. The number of carbonyl (C=O) groups excluding carboxylic acids is 1. The van der Waals surface area contributed by atoms with E-state index in [0.29, 0.717) is 0 Å². The average Bonchev–Trinajstić information content (AvgIpc) is 2.61. The summed E-state index contributed by atoms with van der Waals surface area (Å²) in [4.78, 5) is 14.6. The zero-order valence-corrected chi connectivity index (χ0v) is 11.8. The summed E-state index contributed by atoms with van der Waals surface area (Å²) in [5.74, 6) is 1.19. The Bertz CT molecular complexity index is 433. The lowest BCUT2D eigenvalue weighted by Crippen LogP contribution is -2.25. The normalized spacial score (nSPS) is 14.1. The molecule has 0 saturated carbocycles. The highest BCUT2D eigenvalue weighted by atomic mass is 79.9. The van der Waals surface area contributed by atoms with Crippen molar-refractivity contribution in [1.82, 2.24) is 0 Å². The highest BCUT2D eigenvalue weighted by molar-refractivity contribution is 9.10. The van der Waals surface area contributed by atoms with Gasteiger partial charge in [-0.05, 0) is 45.8 Å². The highest BCUT2D eigenvalue weighted by Crippen LogP contribution is 2.37. The van der Waals surface area contributed by atoms with Crippen LogP contribution in [-0.2, 0) is 11.2 Å². The lowest BCUT2D eigenvalue weighted by Gasteiger charge is -2.15. The number of thioether (sulfide) groups is 1. The van der Waals surface area contributed by atoms with Crippen molar-refractivity contribution in [3.8, 4) is 0 Å². The van der Waals surface area contributed by atoms with Crippen molar-refractivity contribution in [2.75, 3.05) is 17.2 Å². The first kappa shape index (κ1) is 12.0.